The number of rotatable bonds is 5. The van der Waals surface area contributed by atoms with E-state index in [-0.39, 0.29) is 5.56 Å². The minimum Gasteiger partial charge on any atom is -0.449 e. The summed E-state index contributed by atoms with van der Waals surface area (Å²) >= 11 is 1.17. The van der Waals surface area contributed by atoms with Crippen LogP contribution >= 0.6 is 11.3 Å². The van der Waals surface area contributed by atoms with E-state index < -0.39 is 23.9 Å². The third kappa shape index (κ3) is 3.95. The fraction of sp³-hybridized carbons (Fsp3) is 0.188. The number of anilines is 1. The van der Waals surface area contributed by atoms with Crippen LogP contribution in [-0.4, -0.2) is 23.9 Å². The van der Waals surface area contributed by atoms with Gasteiger partial charge < -0.3 is 15.8 Å². The van der Waals surface area contributed by atoms with Gasteiger partial charge in [0.2, 0.25) is 0 Å². The summed E-state index contributed by atoms with van der Waals surface area (Å²) in [6.45, 7) is 3.25. The van der Waals surface area contributed by atoms with Crippen molar-refractivity contribution in [2.45, 2.75) is 20.0 Å². The lowest BCUT2D eigenvalue weighted by Gasteiger charge is -2.14. The molecule has 0 aliphatic rings. The van der Waals surface area contributed by atoms with Crippen LogP contribution in [0.2, 0.25) is 0 Å². The van der Waals surface area contributed by atoms with E-state index in [1.807, 2.05) is 6.07 Å². The number of hydrogen-bond acceptors (Lipinski definition) is 5. The number of nitrogens with one attached hydrogen (secondary N) is 1. The van der Waals surface area contributed by atoms with Crippen LogP contribution in [0.3, 0.4) is 0 Å². The molecule has 6 nitrogen and oxygen atoms in total. The third-order valence-electron chi connectivity index (χ3n) is 3.19. The molecule has 2 rings (SSSR count). The number of carbonyl (C=O) groups is 3. The molecule has 0 bridgehead atoms. The zero-order chi connectivity index (χ0) is 17.0. The molecule has 23 heavy (non-hydrogen) atoms. The second-order valence-corrected chi connectivity index (χ2v) is 5.80. The number of amides is 2. The Kier molecular flexibility index (Phi) is 5.13. The molecule has 0 aliphatic heterocycles. The van der Waals surface area contributed by atoms with E-state index in [1.165, 1.54) is 24.3 Å². The van der Waals surface area contributed by atoms with E-state index in [2.05, 4.69) is 5.32 Å². The highest BCUT2D eigenvalue weighted by atomic mass is 32.1. The Morgan fingerprint density at radius 2 is 1.87 bits per heavy atom. The number of benzene rings is 1. The van der Waals surface area contributed by atoms with Crippen molar-refractivity contribution < 1.29 is 19.1 Å². The number of thiophene rings is 1. The maximum Gasteiger partial charge on any atom is 0.339 e. The van der Waals surface area contributed by atoms with Crippen LogP contribution in [0.4, 0.5) is 5.00 Å². The van der Waals surface area contributed by atoms with E-state index in [9.17, 15) is 14.4 Å². The lowest BCUT2D eigenvalue weighted by molar-refractivity contribution is -0.123. The summed E-state index contributed by atoms with van der Waals surface area (Å²) in [5.74, 6) is -1.74. The van der Waals surface area contributed by atoms with Crippen molar-refractivity contribution in [2.75, 3.05) is 5.32 Å². The number of nitrogens with two attached hydrogens (primary N) is 1. The van der Waals surface area contributed by atoms with Crippen LogP contribution in [0.1, 0.15) is 33.2 Å². The first-order valence-electron chi connectivity index (χ1n) is 6.85. The lowest BCUT2D eigenvalue weighted by atomic mass is 10.1. The molecule has 0 fully saturated rings. The number of carbonyl (C=O) groups excluding carboxylic acids is 3. The molecule has 1 aromatic carbocycles. The van der Waals surface area contributed by atoms with Gasteiger partial charge in [-0.05, 0) is 36.9 Å². The van der Waals surface area contributed by atoms with Crippen molar-refractivity contribution in [2.24, 2.45) is 5.73 Å². The highest BCUT2D eigenvalue weighted by molar-refractivity contribution is 7.14. The molecule has 2 aromatic rings. The predicted octanol–water partition coefficient (Wildman–Crippen LogP) is 2.34. The zero-order valence-corrected chi connectivity index (χ0v) is 13.5. The van der Waals surface area contributed by atoms with Gasteiger partial charge in [-0.2, -0.15) is 0 Å². The summed E-state index contributed by atoms with van der Waals surface area (Å²) in [6, 6.07) is 8.47. The van der Waals surface area contributed by atoms with Crippen molar-refractivity contribution in [1.29, 1.82) is 0 Å². The highest BCUT2D eigenvalue weighted by Gasteiger charge is 2.21. The topological polar surface area (TPSA) is 98.5 Å². The molecule has 1 heterocycles. The van der Waals surface area contributed by atoms with Gasteiger partial charge in [-0.25, -0.2) is 4.79 Å². The van der Waals surface area contributed by atoms with Gasteiger partial charge in [-0.1, -0.05) is 18.2 Å². The van der Waals surface area contributed by atoms with Crippen molar-refractivity contribution in [3.63, 3.8) is 0 Å². The van der Waals surface area contributed by atoms with E-state index in [4.69, 9.17) is 10.5 Å². The van der Waals surface area contributed by atoms with Crippen LogP contribution in [-0.2, 0) is 9.53 Å². The number of aryl methyl sites for hydroxylation is 1. The van der Waals surface area contributed by atoms with Gasteiger partial charge in [-0.15, -0.1) is 11.3 Å². The van der Waals surface area contributed by atoms with Gasteiger partial charge >= 0.3 is 5.97 Å². The minimum atomic E-state index is -1.01. The summed E-state index contributed by atoms with van der Waals surface area (Å²) in [6.07, 6.45) is -1.01. The fourth-order valence-electron chi connectivity index (χ4n) is 1.89. The van der Waals surface area contributed by atoms with Crippen LogP contribution in [0.15, 0.2) is 35.7 Å². The maximum absolute atomic E-state index is 12.1. The molecule has 120 valence electrons. The molecular weight excluding hydrogens is 316 g/mol. The molecule has 0 unspecified atom stereocenters. The lowest BCUT2D eigenvalue weighted by Crippen LogP contribution is -2.30. The molecule has 7 heteroatoms. The molecule has 1 atom stereocenters. The largest absolute Gasteiger partial charge is 0.449 e. The van der Waals surface area contributed by atoms with Crippen LogP contribution in [0, 0.1) is 6.92 Å². The average molecular weight is 332 g/mol. The van der Waals surface area contributed by atoms with Crippen molar-refractivity contribution in [3.05, 3.63) is 52.4 Å². The van der Waals surface area contributed by atoms with Crippen molar-refractivity contribution in [1.82, 2.24) is 0 Å². The summed E-state index contributed by atoms with van der Waals surface area (Å²) < 4.78 is 5.17. The molecule has 0 saturated heterocycles. The van der Waals surface area contributed by atoms with Crippen LogP contribution in [0.5, 0.6) is 0 Å². The van der Waals surface area contributed by atoms with Crippen molar-refractivity contribution in [3.8, 4) is 0 Å². The quantitative estimate of drug-likeness (QED) is 0.821. The summed E-state index contributed by atoms with van der Waals surface area (Å²) in [5, 5.41) is 4.52. The first-order valence-corrected chi connectivity index (χ1v) is 7.73. The molecule has 0 spiro atoms. The predicted molar refractivity (Wildman–Crippen MR) is 87.5 cm³/mol. The molecule has 1 aromatic heterocycles. The Hall–Kier alpha value is -2.67. The highest BCUT2D eigenvalue weighted by Crippen LogP contribution is 2.23. The van der Waals surface area contributed by atoms with Gasteiger partial charge in [-0.3, -0.25) is 9.59 Å². The van der Waals surface area contributed by atoms with E-state index in [0.29, 0.717) is 10.6 Å². The second-order valence-electron chi connectivity index (χ2n) is 4.88. The summed E-state index contributed by atoms with van der Waals surface area (Å²) in [7, 11) is 0. The summed E-state index contributed by atoms with van der Waals surface area (Å²) in [4.78, 5) is 35.4. The van der Waals surface area contributed by atoms with E-state index in [1.54, 1.807) is 30.5 Å². The number of primary amides is 1. The van der Waals surface area contributed by atoms with Gasteiger partial charge in [0.15, 0.2) is 6.10 Å². The summed E-state index contributed by atoms with van der Waals surface area (Å²) in [5.41, 5.74) is 6.61. The number of esters is 1. The monoisotopic (exact) mass is 332 g/mol. The fourth-order valence-corrected chi connectivity index (χ4v) is 2.69. The van der Waals surface area contributed by atoms with Crippen molar-refractivity contribution >= 4 is 34.1 Å². The molecule has 0 aliphatic carbocycles. The van der Waals surface area contributed by atoms with Gasteiger partial charge in [0, 0.05) is 0 Å². The van der Waals surface area contributed by atoms with Gasteiger partial charge in [0.1, 0.15) is 5.00 Å². The number of hydrogen-bond donors (Lipinski definition) is 2. The minimum absolute atomic E-state index is 0.223. The van der Waals surface area contributed by atoms with E-state index in [0.717, 1.165) is 5.56 Å². The SMILES string of the molecule is Cc1ccccc1C(=O)O[C@@H](C)C(=O)Nc1sccc1C(N)=O. The Bertz CT molecular complexity index is 754. The Morgan fingerprint density at radius 3 is 2.52 bits per heavy atom. The first kappa shape index (κ1) is 16.7. The second kappa shape index (κ2) is 7.06. The third-order valence-corrected chi connectivity index (χ3v) is 4.02. The molecule has 0 saturated carbocycles. The Balaban J connectivity index is 2.03. The van der Waals surface area contributed by atoms with Gasteiger partial charge in [0.05, 0.1) is 11.1 Å². The molecular formula is C16H16N2O4S. The Morgan fingerprint density at radius 1 is 1.17 bits per heavy atom. The Labute approximate surface area is 137 Å². The average Bonchev–Trinajstić information content (AvgIpc) is 2.95. The maximum atomic E-state index is 12.1. The number of ether oxygens (including phenoxy) is 1. The standard InChI is InChI=1S/C16H16N2O4S/c1-9-5-3-4-6-11(9)16(21)22-10(2)14(20)18-15-12(13(17)19)7-8-23-15/h3-8,10H,1-2H3,(H2,17,19)(H,18,20)/t10-/m0/s1. The first-order chi connectivity index (χ1) is 10.9. The van der Waals surface area contributed by atoms with Crippen LogP contribution < -0.4 is 11.1 Å². The molecule has 3 N–H and O–H groups in total. The normalized spacial score (nSPS) is 11.6. The smallest absolute Gasteiger partial charge is 0.339 e. The molecule has 2 amide bonds. The zero-order valence-electron chi connectivity index (χ0n) is 12.7. The van der Waals surface area contributed by atoms with E-state index >= 15 is 0 Å². The van der Waals surface area contributed by atoms with Gasteiger partial charge in [0.25, 0.3) is 11.8 Å². The molecule has 0 radical (unpaired) electrons. The van der Waals surface area contributed by atoms with Crippen LogP contribution in [0.25, 0.3) is 0 Å².